The molecule has 1 N–H and O–H groups in total. The fourth-order valence-corrected chi connectivity index (χ4v) is 3.30. The van der Waals surface area contributed by atoms with Crippen molar-refractivity contribution in [1.82, 2.24) is 4.72 Å². The largest absolute Gasteiger partial charge is 0.289 e. The number of sulfonamides is 1. The van der Waals surface area contributed by atoms with E-state index in [-0.39, 0.29) is 0 Å². The maximum Gasteiger partial charge on any atom is 0.289 e. The second-order valence-corrected chi connectivity index (χ2v) is 6.72. The zero-order valence-electron chi connectivity index (χ0n) is 9.81. The molecular weight excluding hydrogens is 299 g/mol. The molecule has 0 bridgehead atoms. The number of hydrogen-bond acceptors (Lipinski definition) is 4. The first kappa shape index (κ1) is 14.2. The molecule has 0 amide bonds. The maximum absolute atomic E-state index is 13.7. The number of nitro groups is 1. The summed E-state index contributed by atoms with van der Waals surface area (Å²) >= 11 is 5.50. The van der Waals surface area contributed by atoms with Crippen molar-refractivity contribution in [3.8, 4) is 0 Å². The quantitative estimate of drug-likeness (QED) is 0.682. The summed E-state index contributed by atoms with van der Waals surface area (Å²) in [5, 5.41) is 10.2. The van der Waals surface area contributed by atoms with Gasteiger partial charge in [0.05, 0.1) is 4.92 Å². The van der Waals surface area contributed by atoms with Crippen molar-refractivity contribution in [2.75, 3.05) is 0 Å². The monoisotopic (exact) mass is 308 g/mol. The van der Waals surface area contributed by atoms with Crippen LogP contribution in [0.5, 0.6) is 0 Å². The molecule has 1 aromatic rings. The highest BCUT2D eigenvalue weighted by atomic mass is 35.5. The van der Waals surface area contributed by atoms with E-state index in [1.165, 1.54) is 0 Å². The minimum atomic E-state index is -4.15. The second kappa shape index (κ2) is 4.39. The normalized spacial score (nSPS) is 17.2. The Kier molecular flexibility index (Phi) is 3.28. The topological polar surface area (TPSA) is 89.3 Å². The molecule has 2 rings (SSSR count). The number of halogens is 2. The SMILES string of the molecule is CC1(NS(=O)(=O)c2cc([N+](=O)[O-])c(Cl)cc2F)CC1. The molecule has 6 nitrogen and oxygen atoms in total. The van der Waals surface area contributed by atoms with Crippen molar-refractivity contribution in [2.45, 2.75) is 30.2 Å². The van der Waals surface area contributed by atoms with E-state index in [0.29, 0.717) is 25.0 Å². The van der Waals surface area contributed by atoms with Crippen LogP contribution in [0.4, 0.5) is 10.1 Å². The van der Waals surface area contributed by atoms with Crippen molar-refractivity contribution in [1.29, 1.82) is 0 Å². The van der Waals surface area contributed by atoms with Gasteiger partial charge in [-0.05, 0) is 19.8 Å². The highest BCUT2D eigenvalue weighted by Crippen LogP contribution is 2.37. The summed E-state index contributed by atoms with van der Waals surface area (Å²) in [7, 11) is -4.15. The summed E-state index contributed by atoms with van der Waals surface area (Å²) in [5.41, 5.74) is -1.25. The highest BCUT2D eigenvalue weighted by molar-refractivity contribution is 7.89. The van der Waals surface area contributed by atoms with E-state index in [1.54, 1.807) is 6.92 Å². The van der Waals surface area contributed by atoms with Crippen LogP contribution in [-0.4, -0.2) is 18.9 Å². The third kappa shape index (κ3) is 2.85. The van der Waals surface area contributed by atoms with Crippen LogP contribution in [0.1, 0.15) is 19.8 Å². The number of benzene rings is 1. The molecule has 0 spiro atoms. The predicted molar refractivity (Wildman–Crippen MR) is 66.0 cm³/mol. The van der Waals surface area contributed by atoms with Crippen LogP contribution in [0, 0.1) is 15.9 Å². The molecule has 0 aromatic heterocycles. The minimum Gasteiger partial charge on any atom is -0.258 e. The van der Waals surface area contributed by atoms with Crippen LogP contribution < -0.4 is 4.72 Å². The summed E-state index contributed by atoms with van der Waals surface area (Å²) in [5.74, 6) is -1.12. The minimum absolute atomic E-state index is 0.445. The summed E-state index contributed by atoms with van der Waals surface area (Å²) in [6.45, 7) is 1.67. The van der Waals surface area contributed by atoms with Gasteiger partial charge in [0.15, 0.2) is 0 Å². The zero-order chi connectivity index (χ0) is 14.4. The Morgan fingerprint density at radius 1 is 1.47 bits per heavy atom. The van der Waals surface area contributed by atoms with Crippen LogP contribution in [0.2, 0.25) is 5.02 Å². The Labute approximate surface area is 113 Å². The molecule has 0 heterocycles. The van der Waals surface area contributed by atoms with Gasteiger partial charge >= 0.3 is 0 Å². The van der Waals surface area contributed by atoms with Gasteiger partial charge in [-0.2, -0.15) is 0 Å². The Hall–Kier alpha value is -1.25. The van der Waals surface area contributed by atoms with Gasteiger partial charge in [-0.25, -0.2) is 17.5 Å². The average Bonchev–Trinajstić information content (AvgIpc) is 2.93. The van der Waals surface area contributed by atoms with Gasteiger partial charge in [0.1, 0.15) is 15.7 Å². The van der Waals surface area contributed by atoms with Gasteiger partial charge in [-0.15, -0.1) is 0 Å². The van der Waals surface area contributed by atoms with Crippen molar-refractivity contribution >= 4 is 27.3 Å². The fourth-order valence-electron chi connectivity index (χ4n) is 1.53. The summed E-state index contributed by atoms with van der Waals surface area (Å²) in [4.78, 5) is 9.06. The molecule has 1 aromatic carbocycles. The molecule has 1 saturated carbocycles. The first-order chi connectivity index (χ1) is 8.65. The lowest BCUT2D eigenvalue weighted by atomic mass is 10.3. The van der Waals surface area contributed by atoms with Crippen LogP contribution in [0.25, 0.3) is 0 Å². The molecule has 1 aliphatic carbocycles. The molecule has 1 aliphatic rings. The molecule has 104 valence electrons. The first-order valence-corrected chi connectivity index (χ1v) is 7.18. The van der Waals surface area contributed by atoms with E-state index in [2.05, 4.69) is 4.72 Å². The van der Waals surface area contributed by atoms with E-state index in [9.17, 15) is 22.9 Å². The Balaban J connectivity index is 2.49. The number of nitro benzene ring substituents is 1. The van der Waals surface area contributed by atoms with Crippen LogP contribution >= 0.6 is 11.6 Å². The summed E-state index contributed by atoms with van der Waals surface area (Å²) < 4.78 is 39.9. The predicted octanol–water partition coefficient (Wildman–Crippen LogP) is 2.22. The smallest absolute Gasteiger partial charge is 0.258 e. The maximum atomic E-state index is 13.7. The molecule has 1 fully saturated rings. The van der Waals surface area contributed by atoms with Crippen LogP contribution in [-0.2, 0) is 10.0 Å². The van der Waals surface area contributed by atoms with Gasteiger partial charge in [0.25, 0.3) is 5.69 Å². The number of rotatable bonds is 4. The Morgan fingerprint density at radius 3 is 2.53 bits per heavy atom. The number of nitrogens with zero attached hydrogens (tertiary/aromatic N) is 1. The molecule has 0 radical (unpaired) electrons. The Morgan fingerprint density at radius 2 is 2.05 bits per heavy atom. The first-order valence-electron chi connectivity index (χ1n) is 5.32. The third-order valence-corrected chi connectivity index (χ3v) is 4.82. The van der Waals surface area contributed by atoms with Crippen molar-refractivity contribution in [3.05, 3.63) is 33.1 Å². The average molecular weight is 309 g/mol. The lowest BCUT2D eigenvalue weighted by Gasteiger charge is -2.12. The van der Waals surface area contributed by atoms with E-state index in [1.807, 2.05) is 0 Å². The van der Waals surface area contributed by atoms with Crippen molar-refractivity contribution in [2.24, 2.45) is 0 Å². The fraction of sp³-hybridized carbons (Fsp3) is 0.400. The van der Waals surface area contributed by atoms with Gasteiger partial charge < -0.3 is 0 Å². The van der Waals surface area contributed by atoms with E-state index < -0.39 is 41.9 Å². The number of nitrogens with one attached hydrogen (secondary N) is 1. The molecular formula is C10H10ClFN2O4S. The van der Waals surface area contributed by atoms with E-state index >= 15 is 0 Å². The van der Waals surface area contributed by atoms with Crippen molar-refractivity contribution < 1.29 is 17.7 Å². The standard InChI is InChI=1S/C10H10ClFN2O4S/c1-10(2-3-10)13-19(17,18)9-5-8(14(15)16)6(11)4-7(9)12/h4-5,13H,2-3H2,1H3. The van der Waals surface area contributed by atoms with Gasteiger partial charge in [0.2, 0.25) is 10.0 Å². The molecule has 0 atom stereocenters. The summed E-state index contributed by atoms with van der Waals surface area (Å²) in [6.07, 6.45) is 1.28. The van der Waals surface area contributed by atoms with E-state index in [4.69, 9.17) is 11.6 Å². The van der Waals surface area contributed by atoms with Gasteiger partial charge in [0, 0.05) is 17.7 Å². The Bertz CT molecular complexity index is 658. The zero-order valence-corrected chi connectivity index (χ0v) is 11.4. The molecule has 0 saturated heterocycles. The molecule has 0 aliphatic heterocycles. The van der Waals surface area contributed by atoms with Crippen molar-refractivity contribution in [3.63, 3.8) is 0 Å². The lowest BCUT2D eigenvalue weighted by Crippen LogP contribution is -2.34. The number of hydrogen-bond donors (Lipinski definition) is 1. The summed E-state index contributed by atoms with van der Waals surface area (Å²) in [6, 6.07) is 1.26. The third-order valence-electron chi connectivity index (χ3n) is 2.87. The van der Waals surface area contributed by atoms with Crippen LogP contribution in [0.15, 0.2) is 17.0 Å². The highest BCUT2D eigenvalue weighted by Gasteiger charge is 2.42. The molecule has 0 unspecified atom stereocenters. The molecule has 19 heavy (non-hydrogen) atoms. The lowest BCUT2D eigenvalue weighted by molar-refractivity contribution is -0.385. The van der Waals surface area contributed by atoms with Crippen LogP contribution in [0.3, 0.4) is 0 Å². The molecule has 9 heteroatoms. The van der Waals surface area contributed by atoms with Gasteiger partial charge in [-0.1, -0.05) is 11.6 Å². The van der Waals surface area contributed by atoms with E-state index in [0.717, 1.165) is 0 Å². The second-order valence-electron chi connectivity index (χ2n) is 4.66. The van der Waals surface area contributed by atoms with Gasteiger partial charge in [-0.3, -0.25) is 10.1 Å².